The molecule has 1 amide bonds. The first kappa shape index (κ1) is 14.6. The van der Waals surface area contributed by atoms with E-state index in [-0.39, 0.29) is 12.1 Å². The largest absolute Gasteiger partial charge is 0.471 e. The van der Waals surface area contributed by atoms with E-state index in [0.29, 0.717) is 17.4 Å². The van der Waals surface area contributed by atoms with Gasteiger partial charge < -0.3 is 14.7 Å². The monoisotopic (exact) mass is 396 g/mol. The zero-order valence-corrected chi connectivity index (χ0v) is 13.3. The third kappa shape index (κ3) is 3.42. The molecule has 1 saturated heterocycles. The number of piperidine rings is 1. The molecule has 1 aromatic heterocycles. The van der Waals surface area contributed by atoms with Gasteiger partial charge in [-0.2, -0.15) is 0 Å². The number of aromatic nitrogens is 1. The van der Waals surface area contributed by atoms with E-state index in [1.807, 2.05) is 6.92 Å². The molecule has 0 radical (unpaired) electrons. The zero-order chi connectivity index (χ0) is 14.0. The first-order valence-corrected chi connectivity index (χ1v) is 7.41. The van der Waals surface area contributed by atoms with Crippen LogP contribution in [0.3, 0.4) is 0 Å². The predicted octanol–water partition coefficient (Wildman–Crippen LogP) is 3.25. The fraction of sp³-hybridized carbons (Fsp3) is 0.500. The Morgan fingerprint density at radius 1 is 1.63 bits per heavy atom. The highest BCUT2D eigenvalue weighted by Gasteiger charge is 2.30. The quantitative estimate of drug-likeness (QED) is 0.780. The fourth-order valence-corrected chi connectivity index (χ4v) is 2.63. The summed E-state index contributed by atoms with van der Waals surface area (Å²) in [5.41, 5.74) is 0. The van der Waals surface area contributed by atoms with Gasteiger partial charge in [-0.15, -0.1) is 0 Å². The molecular weight excluding hydrogens is 383 g/mol. The van der Waals surface area contributed by atoms with Crippen molar-refractivity contribution >= 4 is 40.3 Å². The van der Waals surface area contributed by atoms with Crippen LogP contribution >= 0.6 is 34.2 Å². The van der Waals surface area contributed by atoms with E-state index in [4.69, 9.17) is 21.4 Å². The molecule has 0 aliphatic carbocycles. The zero-order valence-electron chi connectivity index (χ0n) is 10.3. The molecule has 2 heterocycles. The maximum Gasteiger partial charge on any atom is 0.407 e. The molecule has 0 aromatic carbocycles. The number of hydrogen-bond donors (Lipinski definition) is 1. The average molecular weight is 397 g/mol. The number of likely N-dealkylation sites (tertiary alicyclic amines) is 1. The summed E-state index contributed by atoms with van der Waals surface area (Å²) >= 11 is 8.22. The van der Waals surface area contributed by atoms with Crippen molar-refractivity contribution in [3.63, 3.8) is 0 Å². The van der Waals surface area contributed by atoms with Gasteiger partial charge in [-0.3, -0.25) is 0 Å². The van der Waals surface area contributed by atoms with E-state index in [0.717, 1.165) is 16.4 Å². The van der Waals surface area contributed by atoms with Crippen molar-refractivity contribution in [3.05, 3.63) is 20.9 Å². The second-order valence-corrected chi connectivity index (χ2v) is 6.05. The van der Waals surface area contributed by atoms with Crippen molar-refractivity contribution in [1.29, 1.82) is 0 Å². The summed E-state index contributed by atoms with van der Waals surface area (Å²) in [6.07, 6.45) is 2.09. The third-order valence-electron chi connectivity index (χ3n) is 3.17. The number of carboxylic acid groups (broad SMARTS) is 1. The van der Waals surface area contributed by atoms with Crippen LogP contribution in [-0.2, 0) is 0 Å². The molecule has 0 bridgehead atoms. The highest BCUT2D eigenvalue weighted by molar-refractivity contribution is 14.1. The maximum absolute atomic E-state index is 11.1. The van der Waals surface area contributed by atoms with Crippen molar-refractivity contribution < 1.29 is 14.6 Å². The SMILES string of the molecule is CC1CCC(Oc2nccc(I)c2Cl)CN1C(=O)O. The lowest BCUT2D eigenvalue weighted by molar-refractivity contribution is 0.0520. The first-order valence-electron chi connectivity index (χ1n) is 5.95. The summed E-state index contributed by atoms with van der Waals surface area (Å²) in [6, 6.07) is 1.82. The van der Waals surface area contributed by atoms with Crippen LogP contribution in [0, 0.1) is 3.57 Å². The molecule has 2 unspecified atom stereocenters. The number of hydrogen-bond acceptors (Lipinski definition) is 3. The molecule has 0 spiro atoms. The topological polar surface area (TPSA) is 62.7 Å². The van der Waals surface area contributed by atoms with Gasteiger partial charge in [-0.1, -0.05) is 11.6 Å². The van der Waals surface area contributed by atoms with Crippen LogP contribution in [0.15, 0.2) is 12.3 Å². The lowest BCUT2D eigenvalue weighted by atomic mass is 10.0. The standard InChI is InChI=1S/C12H14ClIN2O3/c1-7-2-3-8(6-16(7)12(17)18)19-11-10(13)9(14)4-5-15-11/h4-5,7-8H,2-3,6H2,1H3,(H,17,18). The van der Waals surface area contributed by atoms with E-state index in [1.54, 1.807) is 12.3 Å². The van der Waals surface area contributed by atoms with Crippen molar-refractivity contribution in [3.8, 4) is 5.88 Å². The van der Waals surface area contributed by atoms with E-state index >= 15 is 0 Å². The Bertz CT molecular complexity index is 486. The number of nitrogens with zero attached hydrogens (tertiary/aromatic N) is 2. The molecule has 2 rings (SSSR count). The van der Waals surface area contributed by atoms with Crippen molar-refractivity contribution in [1.82, 2.24) is 9.88 Å². The summed E-state index contributed by atoms with van der Waals surface area (Å²) < 4.78 is 6.61. The van der Waals surface area contributed by atoms with E-state index < -0.39 is 6.09 Å². The van der Waals surface area contributed by atoms with Crippen LogP contribution in [0.25, 0.3) is 0 Å². The number of halogens is 2. The molecule has 7 heteroatoms. The van der Waals surface area contributed by atoms with Gasteiger partial charge in [0.15, 0.2) is 0 Å². The Hall–Kier alpha value is -0.760. The number of carbonyl (C=O) groups is 1. The van der Waals surface area contributed by atoms with Crippen LogP contribution in [0.2, 0.25) is 5.02 Å². The fourth-order valence-electron chi connectivity index (χ4n) is 2.08. The minimum absolute atomic E-state index is 0.0247. The van der Waals surface area contributed by atoms with E-state index in [9.17, 15) is 4.79 Å². The normalized spacial score (nSPS) is 23.2. The van der Waals surface area contributed by atoms with Crippen LogP contribution in [-0.4, -0.2) is 39.8 Å². The van der Waals surface area contributed by atoms with Gasteiger partial charge >= 0.3 is 6.09 Å². The Morgan fingerprint density at radius 2 is 2.37 bits per heavy atom. The Labute approximate surface area is 130 Å². The molecule has 104 valence electrons. The molecule has 5 nitrogen and oxygen atoms in total. The van der Waals surface area contributed by atoms with Gasteiger partial charge in [0.25, 0.3) is 0 Å². The van der Waals surface area contributed by atoms with Gasteiger partial charge in [-0.25, -0.2) is 9.78 Å². The van der Waals surface area contributed by atoms with Gasteiger partial charge in [-0.05, 0) is 48.4 Å². The molecule has 1 aromatic rings. The molecule has 2 atom stereocenters. The number of ether oxygens (including phenoxy) is 1. The minimum Gasteiger partial charge on any atom is -0.471 e. The summed E-state index contributed by atoms with van der Waals surface area (Å²) in [4.78, 5) is 16.6. The summed E-state index contributed by atoms with van der Waals surface area (Å²) in [5, 5.41) is 9.59. The molecule has 1 aliphatic heterocycles. The third-order valence-corrected chi connectivity index (χ3v) is 4.76. The van der Waals surface area contributed by atoms with Gasteiger partial charge in [0, 0.05) is 15.8 Å². The Balaban J connectivity index is 2.07. The number of amides is 1. The van der Waals surface area contributed by atoms with Gasteiger partial charge in [0.2, 0.25) is 5.88 Å². The minimum atomic E-state index is -0.914. The predicted molar refractivity (Wildman–Crippen MR) is 79.8 cm³/mol. The second kappa shape index (κ2) is 6.13. The van der Waals surface area contributed by atoms with Crippen LogP contribution in [0.4, 0.5) is 4.79 Å². The molecule has 1 N–H and O–H groups in total. The first-order chi connectivity index (χ1) is 8.99. The Kier molecular flexibility index (Phi) is 4.72. The van der Waals surface area contributed by atoms with E-state index in [2.05, 4.69) is 27.6 Å². The second-order valence-electron chi connectivity index (χ2n) is 4.51. The number of pyridine rings is 1. The van der Waals surface area contributed by atoms with Crippen molar-refractivity contribution in [2.75, 3.05) is 6.54 Å². The summed E-state index contributed by atoms with van der Waals surface area (Å²) in [6.45, 7) is 2.25. The van der Waals surface area contributed by atoms with Crippen molar-refractivity contribution in [2.24, 2.45) is 0 Å². The summed E-state index contributed by atoms with van der Waals surface area (Å²) in [7, 11) is 0. The molecule has 0 saturated carbocycles. The Morgan fingerprint density at radius 3 is 3.05 bits per heavy atom. The van der Waals surface area contributed by atoms with Crippen LogP contribution in [0.5, 0.6) is 5.88 Å². The lowest BCUT2D eigenvalue weighted by Crippen LogP contribution is -2.48. The highest BCUT2D eigenvalue weighted by atomic mass is 127. The van der Waals surface area contributed by atoms with Crippen molar-refractivity contribution in [2.45, 2.75) is 31.9 Å². The average Bonchev–Trinajstić information content (AvgIpc) is 2.37. The number of rotatable bonds is 2. The smallest absolute Gasteiger partial charge is 0.407 e. The van der Waals surface area contributed by atoms with Crippen LogP contribution < -0.4 is 4.74 Å². The lowest BCUT2D eigenvalue weighted by Gasteiger charge is -2.35. The summed E-state index contributed by atoms with van der Waals surface area (Å²) in [5.74, 6) is 0.374. The molecule has 1 fully saturated rings. The molecule has 19 heavy (non-hydrogen) atoms. The maximum atomic E-state index is 11.1. The molecular formula is C12H14ClIN2O3. The molecule has 1 aliphatic rings. The highest BCUT2D eigenvalue weighted by Crippen LogP contribution is 2.29. The van der Waals surface area contributed by atoms with Gasteiger partial charge in [0.05, 0.1) is 6.54 Å². The van der Waals surface area contributed by atoms with E-state index in [1.165, 1.54) is 4.90 Å². The van der Waals surface area contributed by atoms with Crippen LogP contribution in [0.1, 0.15) is 19.8 Å². The van der Waals surface area contributed by atoms with Gasteiger partial charge in [0.1, 0.15) is 11.1 Å².